The van der Waals surface area contributed by atoms with Crippen LogP contribution in [-0.4, -0.2) is 5.91 Å². The van der Waals surface area contributed by atoms with Crippen molar-refractivity contribution in [2.24, 2.45) is 5.41 Å². The first-order valence-electron chi connectivity index (χ1n) is 5.37. The van der Waals surface area contributed by atoms with Crippen molar-refractivity contribution in [3.63, 3.8) is 0 Å². The number of nitrogens with one attached hydrogen (secondary N) is 1. The fourth-order valence-corrected chi connectivity index (χ4v) is 1.47. The molecule has 0 bridgehead atoms. The molecule has 1 aromatic rings. The van der Waals surface area contributed by atoms with E-state index in [0.29, 0.717) is 5.02 Å². The van der Waals surface area contributed by atoms with Gasteiger partial charge in [-0.2, -0.15) is 0 Å². The summed E-state index contributed by atoms with van der Waals surface area (Å²) in [4.78, 5) is 11.8. The van der Waals surface area contributed by atoms with Crippen LogP contribution in [0.2, 0.25) is 5.02 Å². The van der Waals surface area contributed by atoms with Crippen LogP contribution in [0.15, 0.2) is 24.3 Å². The highest BCUT2D eigenvalue weighted by Gasteiger charge is 2.22. The molecule has 16 heavy (non-hydrogen) atoms. The zero-order valence-electron chi connectivity index (χ0n) is 10.2. The molecule has 0 aliphatic rings. The third-order valence-corrected chi connectivity index (χ3v) is 2.61. The summed E-state index contributed by atoms with van der Waals surface area (Å²) in [5, 5.41) is 3.65. The maximum Gasteiger partial charge on any atom is 0.225 e. The minimum Gasteiger partial charge on any atom is -0.349 e. The highest BCUT2D eigenvalue weighted by Crippen LogP contribution is 2.20. The molecule has 3 heteroatoms. The summed E-state index contributed by atoms with van der Waals surface area (Å²) >= 11 is 5.90. The number of carbonyl (C=O) groups is 1. The van der Waals surface area contributed by atoms with Gasteiger partial charge in [0.05, 0.1) is 6.04 Å². The Bertz CT molecular complexity index is 382. The standard InChI is InChI=1S/C13H18ClNO/c1-9(15-12(16)13(2,3)4)10-6-5-7-11(14)8-10/h5-9H,1-4H3,(H,15,16). The van der Waals surface area contributed by atoms with Gasteiger partial charge in [-0.05, 0) is 24.6 Å². The van der Waals surface area contributed by atoms with Crippen LogP contribution in [0.4, 0.5) is 0 Å². The minimum atomic E-state index is -0.368. The molecule has 0 aliphatic carbocycles. The van der Waals surface area contributed by atoms with Crippen LogP contribution < -0.4 is 5.32 Å². The van der Waals surface area contributed by atoms with Gasteiger partial charge in [-0.25, -0.2) is 0 Å². The monoisotopic (exact) mass is 239 g/mol. The first kappa shape index (κ1) is 13.0. The lowest BCUT2D eigenvalue weighted by Crippen LogP contribution is -2.36. The topological polar surface area (TPSA) is 29.1 Å². The Labute approximate surface area is 102 Å². The van der Waals surface area contributed by atoms with Crippen LogP contribution in [0.25, 0.3) is 0 Å². The average Bonchev–Trinajstić information content (AvgIpc) is 2.16. The van der Waals surface area contributed by atoms with Crippen molar-refractivity contribution >= 4 is 17.5 Å². The third kappa shape index (κ3) is 3.53. The van der Waals surface area contributed by atoms with E-state index in [0.717, 1.165) is 5.56 Å². The van der Waals surface area contributed by atoms with Gasteiger partial charge >= 0.3 is 0 Å². The molecule has 1 rings (SSSR count). The maximum atomic E-state index is 11.8. The van der Waals surface area contributed by atoms with Crippen molar-refractivity contribution in [1.82, 2.24) is 5.32 Å². The Morgan fingerprint density at radius 1 is 1.38 bits per heavy atom. The predicted octanol–water partition coefficient (Wildman–Crippen LogP) is 3.56. The summed E-state index contributed by atoms with van der Waals surface area (Å²) in [5.74, 6) is 0.0416. The molecular weight excluding hydrogens is 222 g/mol. The molecule has 1 atom stereocenters. The minimum absolute atomic E-state index is 0.0228. The highest BCUT2D eigenvalue weighted by atomic mass is 35.5. The van der Waals surface area contributed by atoms with E-state index in [1.807, 2.05) is 52.0 Å². The molecule has 88 valence electrons. The van der Waals surface area contributed by atoms with Crippen LogP contribution in [0.1, 0.15) is 39.3 Å². The Balaban J connectivity index is 2.73. The van der Waals surface area contributed by atoms with E-state index >= 15 is 0 Å². The molecule has 2 nitrogen and oxygen atoms in total. The van der Waals surface area contributed by atoms with E-state index in [-0.39, 0.29) is 17.4 Å². The smallest absolute Gasteiger partial charge is 0.225 e. The lowest BCUT2D eigenvalue weighted by molar-refractivity contribution is -0.129. The number of benzene rings is 1. The quantitative estimate of drug-likeness (QED) is 0.840. The van der Waals surface area contributed by atoms with Crippen molar-refractivity contribution in [2.45, 2.75) is 33.7 Å². The van der Waals surface area contributed by atoms with Crippen LogP contribution >= 0.6 is 11.6 Å². The molecule has 0 spiro atoms. The lowest BCUT2D eigenvalue weighted by Gasteiger charge is -2.22. The van der Waals surface area contributed by atoms with Crippen molar-refractivity contribution in [3.05, 3.63) is 34.9 Å². The first-order chi connectivity index (χ1) is 7.30. The van der Waals surface area contributed by atoms with Gasteiger partial charge in [-0.1, -0.05) is 44.5 Å². The molecule has 0 saturated carbocycles. The number of amides is 1. The fraction of sp³-hybridized carbons (Fsp3) is 0.462. The second kappa shape index (κ2) is 4.88. The maximum absolute atomic E-state index is 11.8. The number of carbonyl (C=O) groups excluding carboxylic acids is 1. The molecule has 1 unspecified atom stereocenters. The molecule has 1 aromatic carbocycles. The van der Waals surface area contributed by atoms with Gasteiger partial charge in [0.15, 0.2) is 0 Å². The van der Waals surface area contributed by atoms with E-state index in [1.165, 1.54) is 0 Å². The number of hydrogen-bond donors (Lipinski definition) is 1. The van der Waals surface area contributed by atoms with Crippen LogP contribution in [-0.2, 0) is 4.79 Å². The van der Waals surface area contributed by atoms with E-state index < -0.39 is 0 Å². The lowest BCUT2D eigenvalue weighted by atomic mass is 9.95. The normalized spacial score (nSPS) is 13.3. The molecule has 0 aliphatic heterocycles. The summed E-state index contributed by atoms with van der Waals surface area (Å²) < 4.78 is 0. The number of halogens is 1. The SMILES string of the molecule is CC(NC(=O)C(C)(C)C)c1cccc(Cl)c1. The third-order valence-electron chi connectivity index (χ3n) is 2.38. The number of hydrogen-bond acceptors (Lipinski definition) is 1. The van der Waals surface area contributed by atoms with Gasteiger partial charge < -0.3 is 5.32 Å². The number of rotatable bonds is 2. The van der Waals surface area contributed by atoms with Gasteiger partial charge in [-0.3, -0.25) is 4.79 Å². The van der Waals surface area contributed by atoms with Crippen LogP contribution in [0.3, 0.4) is 0 Å². The molecule has 1 amide bonds. The van der Waals surface area contributed by atoms with E-state index in [4.69, 9.17) is 11.6 Å². The van der Waals surface area contributed by atoms with Gasteiger partial charge in [-0.15, -0.1) is 0 Å². The largest absolute Gasteiger partial charge is 0.349 e. The van der Waals surface area contributed by atoms with E-state index in [9.17, 15) is 4.79 Å². The summed E-state index contributed by atoms with van der Waals surface area (Å²) in [6.07, 6.45) is 0. The summed E-state index contributed by atoms with van der Waals surface area (Å²) in [7, 11) is 0. The van der Waals surface area contributed by atoms with Gasteiger partial charge in [0.25, 0.3) is 0 Å². The first-order valence-corrected chi connectivity index (χ1v) is 5.75. The molecule has 1 N–H and O–H groups in total. The zero-order valence-corrected chi connectivity index (χ0v) is 10.9. The van der Waals surface area contributed by atoms with E-state index in [1.54, 1.807) is 0 Å². The molecule has 0 heterocycles. The summed E-state index contributed by atoms with van der Waals surface area (Å²) in [5.41, 5.74) is 0.650. The van der Waals surface area contributed by atoms with Gasteiger partial charge in [0, 0.05) is 10.4 Å². The van der Waals surface area contributed by atoms with Crippen LogP contribution in [0.5, 0.6) is 0 Å². The second-order valence-corrected chi connectivity index (χ2v) is 5.44. The Kier molecular flexibility index (Phi) is 3.98. The zero-order chi connectivity index (χ0) is 12.3. The van der Waals surface area contributed by atoms with Crippen molar-refractivity contribution in [1.29, 1.82) is 0 Å². The Hall–Kier alpha value is -1.02. The predicted molar refractivity (Wildman–Crippen MR) is 67.5 cm³/mol. The Morgan fingerprint density at radius 3 is 2.50 bits per heavy atom. The van der Waals surface area contributed by atoms with E-state index in [2.05, 4.69) is 5.32 Å². The van der Waals surface area contributed by atoms with Gasteiger partial charge in [0.2, 0.25) is 5.91 Å². The van der Waals surface area contributed by atoms with Crippen molar-refractivity contribution < 1.29 is 4.79 Å². The highest BCUT2D eigenvalue weighted by molar-refractivity contribution is 6.30. The average molecular weight is 240 g/mol. The molecule has 0 radical (unpaired) electrons. The van der Waals surface area contributed by atoms with Gasteiger partial charge in [0.1, 0.15) is 0 Å². The molecular formula is C13H18ClNO. The molecule has 0 fully saturated rings. The Morgan fingerprint density at radius 2 is 2.00 bits per heavy atom. The second-order valence-electron chi connectivity index (χ2n) is 5.00. The van der Waals surface area contributed by atoms with Crippen LogP contribution in [0, 0.1) is 5.41 Å². The molecule has 0 aromatic heterocycles. The fourth-order valence-electron chi connectivity index (χ4n) is 1.27. The van der Waals surface area contributed by atoms with Crippen molar-refractivity contribution in [3.8, 4) is 0 Å². The van der Waals surface area contributed by atoms with Crippen molar-refractivity contribution in [2.75, 3.05) is 0 Å². The summed E-state index contributed by atoms with van der Waals surface area (Å²) in [6.45, 7) is 7.64. The molecule has 0 saturated heterocycles. The summed E-state index contributed by atoms with van der Waals surface area (Å²) in [6, 6.07) is 7.51.